The van der Waals surface area contributed by atoms with Gasteiger partial charge in [0.15, 0.2) is 11.6 Å². The molecule has 4 aromatic rings. The molecule has 0 aliphatic carbocycles. The summed E-state index contributed by atoms with van der Waals surface area (Å²) in [6, 6.07) is 10.6. The summed E-state index contributed by atoms with van der Waals surface area (Å²) >= 11 is 0. The van der Waals surface area contributed by atoms with Crippen molar-refractivity contribution in [3.8, 4) is 57.5 Å². The topological polar surface area (TPSA) is 294 Å². The third kappa shape index (κ3) is 5.99. The van der Waals surface area contributed by atoms with Gasteiger partial charge >= 0.3 is 0 Å². The maximum atomic E-state index is 14.7. The molecule has 53 heavy (non-hydrogen) atoms. The minimum Gasteiger partial charge on any atom is -0.508 e. The number of fused-ring (bicyclic) bond motifs is 2. The van der Waals surface area contributed by atoms with Crippen LogP contribution < -0.4 is 14.2 Å². The molecular weight excluding hydrogens is 704 g/mol. The minimum absolute atomic E-state index is 0.116. The molecule has 0 bridgehead atoms. The standard InChI is InChI=1S/C36H32O17/c37-11-24-29(45)32(48)33(49)36(53-24)50-15-9-21(44)26-23(10-15)52-35(17-4-2-13(39)6-19(17)42)28(31(26)47)27-30(46)25-20(43)7-14(40)8-22(25)51-34(27)16-3-1-12(38)5-18(16)41/h1-10,24,27-29,32-45,48-49H,11H2/t24-,27-,28-,29-,32+,33-,34-,35-,36-/m1/s1. The summed E-state index contributed by atoms with van der Waals surface area (Å²) in [6.07, 6.45) is -11.6. The van der Waals surface area contributed by atoms with Crippen LogP contribution in [0.15, 0.2) is 60.7 Å². The summed E-state index contributed by atoms with van der Waals surface area (Å²) in [5.41, 5.74) is -1.20. The lowest BCUT2D eigenvalue weighted by Crippen LogP contribution is -2.60. The first kappa shape index (κ1) is 35.4. The number of aromatic hydroxyl groups is 7. The third-order valence-electron chi connectivity index (χ3n) is 9.51. The molecule has 0 aromatic heterocycles. The fourth-order valence-electron chi connectivity index (χ4n) is 7.00. The number of aliphatic hydroxyl groups is 4. The number of hydrogen-bond donors (Lipinski definition) is 11. The number of phenolic OH excluding ortho intramolecular Hbond substituents is 7. The van der Waals surface area contributed by atoms with Gasteiger partial charge in [0.1, 0.15) is 105 Å². The summed E-state index contributed by atoms with van der Waals surface area (Å²) in [7, 11) is 0. The first-order valence-corrected chi connectivity index (χ1v) is 16.0. The fourth-order valence-corrected chi connectivity index (χ4v) is 7.00. The maximum absolute atomic E-state index is 14.7. The summed E-state index contributed by atoms with van der Waals surface area (Å²) in [6.45, 7) is -0.757. The van der Waals surface area contributed by atoms with E-state index in [1.165, 1.54) is 18.2 Å². The Morgan fingerprint density at radius 3 is 1.57 bits per heavy atom. The molecule has 3 aliphatic heterocycles. The van der Waals surface area contributed by atoms with Crippen LogP contribution in [0, 0.1) is 11.8 Å². The van der Waals surface area contributed by atoms with E-state index in [1.54, 1.807) is 0 Å². The molecule has 11 N–H and O–H groups in total. The van der Waals surface area contributed by atoms with Gasteiger partial charge in [0.05, 0.1) is 18.4 Å². The lowest BCUT2D eigenvalue weighted by molar-refractivity contribution is -0.277. The Balaban J connectivity index is 1.38. The highest BCUT2D eigenvalue weighted by Crippen LogP contribution is 2.55. The molecule has 3 heterocycles. The number of carbonyl (C=O) groups excluding carboxylic acids is 2. The van der Waals surface area contributed by atoms with Gasteiger partial charge in [-0.05, 0) is 24.3 Å². The van der Waals surface area contributed by atoms with Crippen LogP contribution in [0.3, 0.4) is 0 Å². The van der Waals surface area contributed by atoms with Gasteiger partial charge in [-0.1, -0.05) is 0 Å². The molecular formula is C36H32O17. The average Bonchev–Trinajstić information content (AvgIpc) is 3.08. The summed E-state index contributed by atoms with van der Waals surface area (Å²) in [5, 5.41) is 115. The van der Waals surface area contributed by atoms with Gasteiger partial charge in [-0.25, -0.2) is 0 Å². The van der Waals surface area contributed by atoms with E-state index < -0.39 is 113 Å². The van der Waals surface area contributed by atoms with Gasteiger partial charge in [-0.15, -0.1) is 0 Å². The number of hydrogen-bond acceptors (Lipinski definition) is 17. The highest BCUT2D eigenvalue weighted by atomic mass is 16.7. The molecule has 1 saturated heterocycles. The number of carbonyl (C=O) groups is 2. The van der Waals surface area contributed by atoms with Crippen LogP contribution in [0.4, 0.5) is 0 Å². The van der Waals surface area contributed by atoms with E-state index in [2.05, 4.69) is 0 Å². The Morgan fingerprint density at radius 2 is 1.06 bits per heavy atom. The van der Waals surface area contributed by atoms with Crippen LogP contribution in [-0.2, 0) is 4.74 Å². The largest absolute Gasteiger partial charge is 0.508 e. The Hall–Kier alpha value is -5.98. The van der Waals surface area contributed by atoms with Crippen LogP contribution in [0.1, 0.15) is 44.1 Å². The SMILES string of the molecule is O=C1c2c(O)cc(O)cc2O[C@H](c2ccc(O)cc2O)[C@@H]1[C@@H]1C(=O)c2c(O)cc(O[C@@H]3O[C@H](CO)[C@@H](O)[C@H](O)[C@H]3O)cc2O[C@@H]1c1ccc(O)cc1O. The van der Waals surface area contributed by atoms with Crippen molar-refractivity contribution in [3.63, 3.8) is 0 Å². The molecule has 7 rings (SSSR count). The third-order valence-corrected chi connectivity index (χ3v) is 9.51. The summed E-state index contributed by atoms with van der Waals surface area (Å²) in [5.74, 6) is -10.2. The van der Waals surface area contributed by atoms with E-state index >= 15 is 0 Å². The van der Waals surface area contributed by atoms with Crippen molar-refractivity contribution >= 4 is 11.6 Å². The Morgan fingerprint density at radius 1 is 0.566 bits per heavy atom. The molecule has 0 unspecified atom stereocenters. The zero-order valence-corrected chi connectivity index (χ0v) is 27.0. The van der Waals surface area contributed by atoms with Crippen LogP contribution in [0.2, 0.25) is 0 Å². The quantitative estimate of drug-likeness (QED) is 0.133. The van der Waals surface area contributed by atoms with E-state index in [4.69, 9.17) is 18.9 Å². The molecule has 0 radical (unpaired) electrons. The van der Waals surface area contributed by atoms with Gasteiger partial charge in [-0.3, -0.25) is 9.59 Å². The van der Waals surface area contributed by atoms with Crippen molar-refractivity contribution in [1.29, 1.82) is 0 Å². The number of ether oxygens (including phenoxy) is 4. The second-order valence-electron chi connectivity index (χ2n) is 12.8. The normalized spacial score (nSPS) is 28.0. The zero-order chi connectivity index (χ0) is 38.0. The van der Waals surface area contributed by atoms with E-state index in [0.29, 0.717) is 0 Å². The molecule has 17 nitrogen and oxygen atoms in total. The second-order valence-corrected chi connectivity index (χ2v) is 12.8. The van der Waals surface area contributed by atoms with Crippen molar-refractivity contribution < 1.29 is 84.7 Å². The molecule has 9 atom stereocenters. The summed E-state index contributed by atoms with van der Waals surface area (Å²) in [4.78, 5) is 29.3. The van der Waals surface area contributed by atoms with Gasteiger partial charge in [0.25, 0.3) is 0 Å². The van der Waals surface area contributed by atoms with E-state index in [-0.39, 0.29) is 39.9 Å². The number of phenols is 7. The minimum atomic E-state index is -1.84. The molecule has 4 aromatic carbocycles. The smallest absolute Gasteiger partial charge is 0.229 e. The first-order chi connectivity index (χ1) is 25.2. The highest BCUT2D eigenvalue weighted by Gasteiger charge is 2.55. The maximum Gasteiger partial charge on any atom is 0.229 e. The van der Waals surface area contributed by atoms with E-state index in [9.17, 15) is 65.8 Å². The van der Waals surface area contributed by atoms with Crippen molar-refractivity contribution in [3.05, 3.63) is 82.9 Å². The lowest BCUT2D eigenvalue weighted by atomic mass is 9.69. The Kier molecular flexibility index (Phi) is 8.83. The van der Waals surface area contributed by atoms with Crippen molar-refractivity contribution in [1.82, 2.24) is 0 Å². The predicted molar refractivity (Wildman–Crippen MR) is 174 cm³/mol. The van der Waals surface area contributed by atoms with Crippen LogP contribution in [0.25, 0.3) is 0 Å². The first-order valence-electron chi connectivity index (χ1n) is 16.0. The monoisotopic (exact) mass is 736 g/mol. The summed E-state index contributed by atoms with van der Waals surface area (Å²) < 4.78 is 23.4. The average molecular weight is 737 g/mol. The molecule has 0 spiro atoms. The number of benzene rings is 4. The molecule has 1 fully saturated rings. The Labute approximate surface area is 297 Å². The molecule has 3 aliphatic rings. The van der Waals surface area contributed by atoms with Gasteiger partial charge in [-0.2, -0.15) is 0 Å². The lowest BCUT2D eigenvalue weighted by Gasteiger charge is -2.42. The van der Waals surface area contributed by atoms with Gasteiger partial charge in [0, 0.05) is 47.5 Å². The molecule has 17 heteroatoms. The number of ketones is 2. The van der Waals surface area contributed by atoms with Crippen LogP contribution in [-0.4, -0.2) is 105 Å². The van der Waals surface area contributed by atoms with E-state index in [0.717, 1.165) is 42.5 Å². The Bertz CT molecular complexity index is 2110. The molecule has 0 saturated carbocycles. The van der Waals surface area contributed by atoms with Gasteiger partial charge < -0.3 is 75.1 Å². The van der Waals surface area contributed by atoms with Crippen molar-refractivity contribution in [2.75, 3.05) is 6.61 Å². The van der Waals surface area contributed by atoms with E-state index in [1.807, 2.05) is 0 Å². The van der Waals surface area contributed by atoms with Crippen molar-refractivity contribution in [2.24, 2.45) is 11.8 Å². The fraction of sp³-hybridized carbons (Fsp3) is 0.278. The number of rotatable bonds is 6. The van der Waals surface area contributed by atoms with Crippen LogP contribution >= 0.6 is 0 Å². The molecule has 278 valence electrons. The highest BCUT2D eigenvalue weighted by molar-refractivity contribution is 6.11. The predicted octanol–water partition coefficient (Wildman–Crippen LogP) is 1.37. The van der Waals surface area contributed by atoms with Crippen LogP contribution in [0.5, 0.6) is 57.5 Å². The molecule has 0 amide bonds. The van der Waals surface area contributed by atoms with Gasteiger partial charge in [0.2, 0.25) is 6.29 Å². The zero-order valence-electron chi connectivity index (χ0n) is 27.0. The number of Topliss-reactive ketones (excluding diaryl/α,β-unsaturated/α-hetero) is 2. The number of aliphatic hydroxyl groups excluding tert-OH is 4. The van der Waals surface area contributed by atoms with Crippen molar-refractivity contribution in [2.45, 2.75) is 42.9 Å². The second kappa shape index (κ2) is 13.2.